The van der Waals surface area contributed by atoms with Crippen LogP contribution < -0.4 is 0 Å². The van der Waals surface area contributed by atoms with Crippen molar-refractivity contribution >= 4 is 39.1 Å². The number of benzene rings is 2. The lowest BCUT2D eigenvalue weighted by atomic mass is 10.0. The first-order valence-electron chi connectivity index (χ1n) is 5.51. The van der Waals surface area contributed by atoms with Crippen LogP contribution in [0.15, 0.2) is 36.4 Å². The Kier molecular flexibility index (Phi) is 4.82. The average molecular weight is 366 g/mol. The summed E-state index contributed by atoms with van der Waals surface area (Å²) in [5.74, 6) is -1.71. The Labute approximate surface area is 128 Å². The van der Waals surface area contributed by atoms with E-state index in [1.54, 1.807) is 18.2 Å². The third-order valence-corrected chi connectivity index (χ3v) is 4.15. The van der Waals surface area contributed by atoms with Gasteiger partial charge in [0.2, 0.25) is 0 Å². The van der Waals surface area contributed by atoms with Crippen molar-refractivity contribution in [3.8, 4) is 0 Å². The molecule has 0 nitrogen and oxygen atoms in total. The summed E-state index contributed by atoms with van der Waals surface area (Å²) in [6, 6.07) is 9.06. The summed E-state index contributed by atoms with van der Waals surface area (Å²) in [6.45, 7) is 0. The Morgan fingerprint density at radius 2 is 1.63 bits per heavy atom. The summed E-state index contributed by atoms with van der Waals surface area (Å²) >= 11 is 15.7. The number of alkyl halides is 1. The van der Waals surface area contributed by atoms with E-state index in [1.807, 2.05) is 0 Å². The van der Waals surface area contributed by atoms with E-state index in [2.05, 4.69) is 15.9 Å². The number of halogens is 5. The van der Waals surface area contributed by atoms with Crippen molar-refractivity contribution in [2.24, 2.45) is 0 Å². The molecule has 2 rings (SSSR count). The van der Waals surface area contributed by atoms with Crippen LogP contribution in [0, 0.1) is 11.6 Å². The van der Waals surface area contributed by atoms with E-state index in [-0.39, 0.29) is 4.83 Å². The lowest BCUT2D eigenvalue weighted by molar-refractivity contribution is 0.507. The summed E-state index contributed by atoms with van der Waals surface area (Å²) in [7, 11) is 0. The first-order chi connectivity index (χ1) is 8.99. The molecule has 0 saturated carbocycles. The van der Waals surface area contributed by atoms with Crippen molar-refractivity contribution in [3.63, 3.8) is 0 Å². The Morgan fingerprint density at radius 3 is 2.21 bits per heavy atom. The molecule has 5 heteroatoms. The minimum Gasteiger partial charge on any atom is -0.204 e. The van der Waals surface area contributed by atoms with Crippen molar-refractivity contribution in [1.82, 2.24) is 0 Å². The van der Waals surface area contributed by atoms with Gasteiger partial charge in [0.1, 0.15) is 0 Å². The van der Waals surface area contributed by atoms with E-state index in [0.29, 0.717) is 22.0 Å². The lowest BCUT2D eigenvalue weighted by Crippen LogP contribution is -1.98. The third kappa shape index (κ3) is 3.47. The van der Waals surface area contributed by atoms with Gasteiger partial charge in [-0.15, -0.1) is 0 Å². The summed E-state index contributed by atoms with van der Waals surface area (Å²) < 4.78 is 26.0. The molecule has 1 unspecified atom stereocenters. The molecule has 0 spiro atoms. The number of hydrogen-bond donors (Lipinski definition) is 0. The maximum atomic E-state index is 13.1. The van der Waals surface area contributed by atoms with Gasteiger partial charge in [-0.3, -0.25) is 0 Å². The molecule has 100 valence electrons. The minimum atomic E-state index is -0.859. The fraction of sp³-hybridized carbons (Fsp3) is 0.143. The summed E-state index contributed by atoms with van der Waals surface area (Å²) in [5, 5.41) is 1.08. The van der Waals surface area contributed by atoms with Crippen LogP contribution >= 0.6 is 39.1 Å². The molecule has 0 amide bonds. The van der Waals surface area contributed by atoms with Crippen LogP contribution in [0.4, 0.5) is 8.78 Å². The molecule has 0 saturated heterocycles. The smallest absolute Gasteiger partial charge is 0.159 e. The first kappa shape index (κ1) is 14.8. The maximum Gasteiger partial charge on any atom is 0.159 e. The molecule has 0 aliphatic rings. The van der Waals surface area contributed by atoms with E-state index >= 15 is 0 Å². The highest BCUT2D eigenvalue weighted by Crippen LogP contribution is 2.37. The van der Waals surface area contributed by atoms with Crippen molar-refractivity contribution in [2.75, 3.05) is 0 Å². The van der Waals surface area contributed by atoms with Gasteiger partial charge in [0.15, 0.2) is 11.6 Å². The highest BCUT2D eigenvalue weighted by molar-refractivity contribution is 9.09. The van der Waals surface area contributed by atoms with Crippen LogP contribution in [0.5, 0.6) is 0 Å². The second kappa shape index (κ2) is 6.21. The molecule has 0 N–H and O–H groups in total. The van der Waals surface area contributed by atoms with E-state index in [9.17, 15) is 8.78 Å². The SMILES string of the molecule is Fc1ccc(CC(Br)c2c(Cl)cccc2Cl)cc1F. The van der Waals surface area contributed by atoms with E-state index in [1.165, 1.54) is 12.1 Å². The molecule has 1 atom stereocenters. The molecule has 2 aromatic carbocycles. The summed E-state index contributed by atoms with van der Waals surface area (Å²) in [4.78, 5) is -0.168. The van der Waals surface area contributed by atoms with Crippen molar-refractivity contribution in [2.45, 2.75) is 11.2 Å². The van der Waals surface area contributed by atoms with Crippen LogP contribution in [-0.4, -0.2) is 0 Å². The molecule has 0 fully saturated rings. The molecule has 0 heterocycles. The van der Waals surface area contributed by atoms with Crippen LogP contribution in [0.2, 0.25) is 10.0 Å². The van der Waals surface area contributed by atoms with Crippen LogP contribution in [0.3, 0.4) is 0 Å². The van der Waals surface area contributed by atoms with Gasteiger partial charge in [-0.25, -0.2) is 8.78 Å². The molecule has 0 aromatic heterocycles. The second-order valence-corrected chi connectivity index (χ2v) is 5.98. The molecule has 0 radical (unpaired) electrons. The van der Waals surface area contributed by atoms with Crippen LogP contribution in [0.25, 0.3) is 0 Å². The molecule has 0 bridgehead atoms. The predicted molar refractivity (Wildman–Crippen MR) is 78.2 cm³/mol. The Balaban J connectivity index is 2.25. The van der Waals surface area contributed by atoms with Crippen LogP contribution in [0.1, 0.15) is 16.0 Å². The van der Waals surface area contributed by atoms with E-state index in [0.717, 1.165) is 11.6 Å². The summed E-state index contributed by atoms with van der Waals surface area (Å²) in [5.41, 5.74) is 1.41. The van der Waals surface area contributed by atoms with E-state index < -0.39 is 11.6 Å². The quantitative estimate of drug-likeness (QED) is 0.589. The minimum absolute atomic E-state index is 0.168. The van der Waals surface area contributed by atoms with Gasteiger partial charge in [0.25, 0.3) is 0 Å². The predicted octanol–water partition coefficient (Wildman–Crippen LogP) is 5.95. The molecule has 19 heavy (non-hydrogen) atoms. The second-order valence-electron chi connectivity index (χ2n) is 4.06. The van der Waals surface area contributed by atoms with Crippen LogP contribution in [-0.2, 0) is 6.42 Å². The fourth-order valence-electron chi connectivity index (χ4n) is 1.79. The van der Waals surface area contributed by atoms with Gasteiger partial charge >= 0.3 is 0 Å². The Bertz CT molecular complexity index is 582. The molecule has 0 aliphatic heterocycles. The van der Waals surface area contributed by atoms with Gasteiger partial charge in [0.05, 0.1) is 0 Å². The lowest BCUT2D eigenvalue weighted by Gasteiger charge is -2.14. The fourth-order valence-corrected chi connectivity index (χ4v) is 3.58. The monoisotopic (exact) mass is 364 g/mol. The third-order valence-electron chi connectivity index (χ3n) is 2.71. The standard InChI is InChI=1S/C14H9BrCl2F2/c15-9(14-10(16)2-1-3-11(14)17)6-8-4-5-12(18)13(19)7-8/h1-5,7,9H,6H2. The Hall–Kier alpha value is -0.640. The van der Waals surface area contributed by atoms with E-state index in [4.69, 9.17) is 23.2 Å². The first-order valence-corrected chi connectivity index (χ1v) is 7.18. The number of rotatable bonds is 3. The highest BCUT2D eigenvalue weighted by Gasteiger charge is 2.16. The van der Waals surface area contributed by atoms with Gasteiger partial charge in [0, 0.05) is 20.4 Å². The van der Waals surface area contributed by atoms with Gasteiger partial charge in [-0.05, 0) is 36.2 Å². The number of hydrogen-bond acceptors (Lipinski definition) is 0. The van der Waals surface area contributed by atoms with Crippen molar-refractivity contribution in [3.05, 3.63) is 69.2 Å². The topological polar surface area (TPSA) is 0 Å². The zero-order chi connectivity index (χ0) is 14.0. The maximum absolute atomic E-state index is 13.1. The Morgan fingerprint density at radius 1 is 1.00 bits per heavy atom. The van der Waals surface area contributed by atoms with Gasteiger partial charge in [-0.2, -0.15) is 0 Å². The zero-order valence-corrected chi connectivity index (χ0v) is 12.7. The van der Waals surface area contributed by atoms with Crippen molar-refractivity contribution < 1.29 is 8.78 Å². The average Bonchev–Trinajstić information content (AvgIpc) is 2.33. The normalized spacial score (nSPS) is 12.5. The van der Waals surface area contributed by atoms with Gasteiger partial charge < -0.3 is 0 Å². The highest BCUT2D eigenvalue weighted by atomic mass is 79.9. The largest absolute Gasteiger partial charge is 0.204 e. The molecule has 2 aromatic rings. The molecular formula is C14H9BrCl2F2. The van der Waals surface area contributed by atoms with Crippen molar-refractivity contribution in [1.29, 1.82) is 0 Å². The summed E-state index contributed by atoms with van der Waals surface area (Å²) in [6.07, 6.45) is 0.459. The van der Waals surface area contributed by atoms with Gasteiger partial charge in [-0.1, -0.05) is 51.3 Å². The molecule has 0 aliphatic carbocycles. The molecular weight excluding hydrogens is 357 g/mol. The zero-order valence-electron chi connectivity index (χ0n) is 9.64.